The van der Waals surface area contributed by atoms with Crippen LogP contribution < -0.4 is 31.7 Å². The van der Waals surface area contributed by atoms with Crippen LogP contribution in [-0.4, -0.2) is 77.6 Å². The Morgan fingerprint density at radius 2 is 1.47 bits per heavy atom. The molecule has 13 nitrogen and oxygen atoms in total. The number of nitrogens with one attached hydrogen (secondary N) is 4. The van der Waals surface area contributed by atoms with E-state index in [-0.39, 0.29) is 30.9 Å². The largest absolute Gasteiger partial charge is 0.491 e. The van der Waals surface area contributed by atoms with Gasteiger partial charge in [0.15, 0.2) is 0 Å². The number of nitrogens with two attached hydrogens (primary N) is 1. The molecule has 0 aliphatic rings. The van der Waals surface area contributed by atoms with Gasteiger partial charge >= 0.3 is 18.1 Å². The molecule has 0 unspecified atom stereocenters. The molecule has 0 heterocycles. The summed E-state index contributed by atoms with van der Waals surface area (Å²) in [5.41, 5.74) is 5.38. The molecule has 256 valence electrons. The molecule has 0 fully saturated rings. The minimum atomic E-state index is -5.16. The summed E-state index contributed by atoms with van der Waals surface area (Å²) >= 11 is 0. The zero-order chi connectivity index (χ0) is 35.4. The van der Waals surface area contributed by atoms with E-state index in [1.807, 2.05) is 0 Å². The van der Waals surface area contributed by atoms with Gasteiger partial charge in [0.1, 0.15) is 17.3 Å². The number of carbonyl (C=O) groups is 6. The van der Waals surface area contributed by atoms with Crippen molar-refractivity contribution in [3.05, 3.63) is 65.7 Å². The first-order valence-corrected chi connectivity index (χ1v) is 14.5. The third kappa shape index (κ3) is 13.1. The molecule has 0 saturated carbocycles. The van der Waals surface area contributed by atoms with Crippen LogP contribution in [0.4, 0.5) is 13.2 Å². The molecule has 0 aliphatic carbocycles. The Bertz CT molecular complexity index is 1420. The summed E-state index contributed by atoms with van der Waals surface area (Å²) in [6.07, 6.45) is -5.04. The first-order chi connectivity index (χ1) is 21.9. The second kappa shape index (κ2) is 17.1. The van der Waals surface area contributed by atoms with Gasteiger partial charge in [-0.1, -0.05) is 56.3 Å². The Labute approximate surface area is 268 Å². The van der Waals surface area contributed by atoms with Crippen molar-refractivity contribution in [2.45, 2.75) is 63.8 Å². The van der Waals surface area contributed by atoms with Crippen molar-refractivity contribution < 1.29 is 51.8 Å². The van der Waals surface area contributed by atoms with Gasteiger partial charge in [-0.05, 0) is 48.9 Å². The molecule has 2 rings (SSSR count). The number of rotatable bonds is 16. The smallest absolute Gasteiger partial charge is 0.480 e. The van der Waals surface area contributed by atoms with Crippen molar-refractivity contribution in [1.29, 1.82) is 0 Å². The van der Waals surface area contributed by atoms with Gasteiger partial charge in [0, 0.05) is 6.42 Å². The molecule has 0 aliphatic heterocycles. The summed E-state index contributed by atoms with van der Waals surface area (Å²) in [7, 11) is 0. The van der Waals surface area contributed by atoms with Crippen LogP contribution in [0.15, 0.2) is 54.6 Å². The molecular weight excluding hydrogens is 627 g/mol. The topological polar surface area (TPSA) is 206 Å². The molecule has 4 amide bonds. The van der Waals surface area contributed by atoms with E-state index >= 15 is 0 Å². The van der Waals surface area contributed by atoms with Crippen LogP contribution in [0, 0.1) is 5.92 Å². The van der Waals surface area contributed by atoms with Crippen molar-refractivity contribution in [2.24, 2.45) is 11.7 Å². The summed E-state index contributed by atoms with van der Waals surface area (Å²) in [6.45, 7) is 3.92. The van der Waals surface area contributed by atoms with E-state index in [0.29, 0.717) is 11.1 Å². The summed E-state index contributed by atoms with van der Waals surface area (Å²) in [5, 5.41) is 19.3. The number of hydrogen-bond acceptors (Lipinski definition) is 8. The van der Waals surface area contributed by atoms with Crippen LogP contribution in [-0.2, 0) is 41.6 Å². The SMILES string of the molecule is CC(C)C[C@H](NC(=O)[C@@](C)(Cc1ccccc1)NC(=O)CNC(=O)CNC(=O)[C@@H](N)Cc1ccc(OC(=O)C(F)(F)F)cc1)C(=O)O. The molecule has 47 heavy (non-hydrogen) atoms. The van der Waals surface area contributed by atoms with Crippen LogP contribution in [0.25, 0.3) is 0 Å². The maximum atomic E-state index is 13.3. The fourth-order valence-corrected chi connectivity index (χ4v) is 4.29. The van der Waals surface area contributed by atoms with Crippen molar-refractivity contribution >= 4 is 35.6 Å². The van der Waals surface area contributed by atoms with Gasteiger partial charge in [0.25, 0.3) is 0 Å². The second-order valence-electron chi connectivity index (χ2n) is 11.4. The van der Waals surface area contributed by atoms with E-state index in [0.717, 1.165) is 12.1 Å². The number of aliphatic carboxylic acids is 1. The Morgan fingerprint density at radius 3 is 2.02 bits per heavy atom. The minimum absolute atomic E-state index is 0.0166. The number of hydrogen-bond donors (Lipinski definition) is 6. The molecule has 7 N–H and O–H groups in total. The van der Waals surface area contributed by atoms with E-state index in [4.69, 9.17) is 5.73 Å². The highest BCUT2D eigenvalue weighted by molar-refractivity contribution is 5.95. The number of carboxylic acid groups (broad SMARTS) is 1. The fourth-order valence-electron chi connectivity index (χ4n) is 4.29. The molecule has 0 spiro atoms. The van der Waals surface area contributed by atoms with E-state index in [9.17, 15) is 47.0 Å². The lowest BCUT2D eigenvalue weighted by molar-refractivity contribution is -0.189. The summed E-state index contributed by atoms with van der Waals surface area (Å²) in [5.74, 6) is -6.97. The van der Waals surface area contributed by atoms with Gasteiger partial charge in [-0.15, -0.1) is 0 Å². The molecule has 2 aromatic carbocycles. The minimum Gasteiger partial charge on any atom is -0.480 e. The molecule has 0 bridgehead atoms. The zero-order valence-electron chi connectivity index (χ0n) is 26.0. The number of benzene rings is 2. The maximum Gasteiger partial charge on any atom is 0.491 e. The monoisotopic (exact) mass is 665 g/mol. The zero-order valence-corrected chi connectivity index (χ0v) is 26.0. The lowest BCUT2D eigenvalue weighted by atomic mass is 9.90. The number of esters is 1. The number of carboxylic acids is 1. The van der Waals surface area contributed by atoms with Crippen molar-refractivity contribution in [1.82, 2.24) is 21.3 Å². The fraction of sp³-hybridized carbons (Fsp3) is 0.419. The Kier molecular flexibility index (Phi) is 13.9. The predicted octanol–water partition coefficient (Wildman–Crippen LogP) is 0.990. The first kappa shape index (κ1) is 38.2. The molecule has 3 atom stereocenters. The third-order valence-corrected chi connectivity index (χ3v) is 6.65. The van der Waals surface area contributed by atoms with Gasteiger partial charge < -0.3 is 36.8 Å². The van der Waals surface area contributed by atoms with Crippen LogP contribution >= 0.6 is 0 Å². The Hall–Kier alpha value is -4.99. The number of carbonyl (C=O) groups excluding carboxylic acids is 5. The van der Waals surface area contributed by atoms with E-state index < -0.39 is 72.5 Å². The first-order valence-electron chi connectivity index (χ1n) is 14.5. The summed E-state index contributed by atoms with van der Waals surface area (Å²) in [6, 6.07) is 11.2. The number of halogens is 3. The normalized spacial score (nSPS) is 13.8. The number of amides is 4. The molecule has 0 radical (unpaired) electrons. The second-order valence-corrected chi connectivity index (χ2v) is 11.4. The molecule has 0 aromatic heterocycles. The number of alkyl halides is 3. The third-order valence-electron chi connectivity index (χ3n) is 6.65. The summed E-state index contributed by atoms with van der Waals surface area (Å²) in [4.78, 5) is 73.5. The highest BCUT2D eigenvalue weighted by Gasteiger charge is 2.41. The van der Waals surface area contributed by atoms with Gasteiger partial charge in [0.2, 0.25) is 23.6 Å². The highest BCUT2D eigenvalue weighted by Crippen LogP contribution is 2.21. The van der Waals surface area contributed by atoms with Crippen LogP contribution in [0.5, 0.6) is 5.75 Å². The standard InChI is InChI=1S/C31H38F3N5O8/c1-18(2)13-23(27(43)44)38-28(45)30(3,15-20-7-5-4-6-8-20)39-25(41)17-36-24(40)16-37-26(42)22(35)14-19-9-11-21(12-10-19)47-29(46)31(32,33)34/h4-12,18,22-23H,13-17,35H2,1-3H3,(H,36,40)(H,37,42)(H,38,45)(H,39,41)(H,43,44)/t22-,23-,30+/m0/s1. The Morgan fingerprint density at radius 1 is 0.872 bits per heavy atom. The van der Waals surface area contributed by atoms with Gasteiger partial charge in [-0.25, -0.2) is 9.59 Å². The highest BCUT2D eigenvalue weighted by atomic mass is 19.4. The average molecular weight is 666 g/mol. The van der Waals surface area contributed by atoms with Crippen molar-refractivity contribution in [2.75, 3.05) is 13.1 Å². The molecule has 0 saturated heterocycles. The van der Waals surface area contributed by atoms with Gasteiger partial charge in [-0.3, -0.25) is 19.2 Å². The quantitative estimate of drug-likeness (QED) is 0.112. The van der Waals surface area contributed by atoms with Crippen LogP contribution in [0.3, 0.4) is 0 Å². The molecule has 16 heteroatoms. The lowest BCUT2D eigenvalue weighted by Crippen LogP contribution is -2.62. The van der Waals surface area contributed by atoms with E-state index in [1.54, 1.807) is 44.2 Å². The lowest BCUT2D eigenvalue weighted by Gasteiger charge is -2.31. The number of ether oxygens (including phenoxy) is 1. The van der Waals surface area contributed by atoms with Crippen molar-refractivity contribution in [3.8, 4) is 5.75 Å². The Balaban J connectivity index is 1.91. The summed E-state index contributed by atoms with van der Waals surface area (Å²) < 4.78 is 41.2. The average Bonchev–Trinajstić information content (AvgIpc) is 2.99. The van der Waals surface area contributed by atoms with Gasteiger partial charge in [0.05, 0.1) is 19.1 Å². The predicted molar refractivity (Wildman–Crippen MR) is 162 cm³/mol. The van der Waals surface area contributed by atoms with Crippen molar-refractivity contribution in [3.63, 3.8) is 0 Å². The van der Waals surface area contributed by atoms with E-state index in [1.165, 1.54) is 19.1 Å². The van der Waals surface area contributed by atoms with Crippen LogP contribution in [0.1, 0.15) is 38.3 Å². The van der Waals surface area contributed by atoms with Crippen LogP contribution in [0.2, 0.25) is 0 Å². The van der Waals surface area contributed by atoms with Gasteiger partial charge in [-0.2, -0.15) is 13.2 Å². The van der Waals surface area contributed by atoms with E-state index in [2.05, 4.69) is 26.0 Å². The molecule has 2 aromatic rings. The molecular formula is C31H38F3N5O8. The maximum absolute atomic E-state index is 13.3.